The molecule has 14 heteroatoms. The molecule has 0 radical (unpaired) electrons. The quantitative estimate of drug-likeness (QED) is 0.0936. The van der Waals surface area contributed by atoms with Crippen molar-refractivity contribution in [2.75, 3.05) is 11.9 Å². The van der Waals surface area contributed by atoms with Crippen LogP contribution in [-0.4, -0.2) is 81.9 Å². The number of aromatic nitrogens is 4. The van der Waals surface area contributed by atoms with Gasteiger partial charge in [-0.3, -0.25) is 4.57 Å². The molecular weight excluding hydrogens is 594 g/mol. The van der Waals surface area contributed by atoms with Gasteiger partial charge in [0.25, 0.3) is 5.60 Å². The SMILES string of the molecule is C#C[C@@]1(O)[C@@H](COC(Cc2ccccc2)(C(=O)O)C(=O)O)O[C@@H](n2cnc3c(NC(C)c4ccccc4)nc(Cl)nc32)[C@@H]1O. The number of ether oxygens (including phenoxy) is 2. The summed E-state index contributed by atoms with van der Waals surface area (Å²) in [4.78, 5) is 37.4. The number of terminal acetylenes is 1. The van der Waals surface area contributed by atoms with Crippen molar-refractivity contribution in [3.8, 4) is 12.3 Å². The van der Waals surface area contributed by atoms with E-state index in [0.29, 0.717) is 11.4 Å². The number of fused-ring (bicyclic) bond motifs is 1. The molecule has 0 bridgehead atoms. The molecule has 1 saturated heterocycles. The Hall–Kier alpha value is -4.58. The highest BCUT2D eigenvalue weighted by atomic mass is 35.5. The van der Waals surface area contributed by atoms with Crippen LogP contribution in [0.3, 0.4) is 0 Å². The summed E-state index contributed by atoms with van der Waals surface area (Å²) >= 11 is 6.24. The molecule has 2 aromatic heterocycles. The average Bonchev–Trinajstić information content (AvgIpc) is 3.54. The van der Waals surface area contributed by atoms with Gasteiger partial charge < -0.3 is 35.2 Å². The summed E-state index contributed by atoms with van der Waals surface area (Å²) in [6.07, 6.45) is 1.59. The van der Waals surface area contributed by atoms with E-state index in [0.717, 1.165) is 5.56 Å². The largest absolute Gasteiger partial charge is 0.479 e. The van der Waals surface area contributed by atoms with Gasteiger partial charge in [0.05, 0.1) is 19.0 Å². The minimum absolute atomic E-state index is 0.132. The summed E-state index contributed by atoms with van der Waals surface area (Å²) in [6, 6.07) is 17.4. The van der Waals surface area contributed by atoms with Crippen molar-refractivity contribution >= 4 is 40.5 Å². The fourth-order valence-corrected chi connectivity index (χ4v) is 5.21. The van der Waals surface area contributed by atoms with E-state index in [1.54, 1.807) is 30.3 Å². The number of benzene rings is 2. The van der Waals surface area contributed by atoms with E-state index in [9.17, 15) is 30.0 Å². The standard InChI is InChI=1S/C30H28ClN5O8/c1-3-29(42)20(15-43-30(26(38)39,27(40)41)14-18-10-6-4-7-11-18)44-25(22(29)37)36-16-32-21-23(34-28(31)35-24(21)36)33-17(2)19-12-8-5-9-13-19/h1,4-13,16-17,20,22,25,37,42H,14-15H2,2H3,(H,38,39)(H,40,41)(H,33,34,35)/t17?,20-,22+,25-,29-/m1/s1. The number of hydrogen-bond acceptors (Lipinski definition) is 10. The molecule has 3 heterocycles. The lowest BCUT2D eigenvalue weighted by Gasteiger charge is -2.30. The second kappa shape index (κ2) is 12.2. The van der Waals surface area contributed by atoms with E-state index in [1.807, 2.05) is 37.3 Å². The maximum atomic E-state index is 12.3. The maximum Gasteiger partial charge on any atom is 0.348 e. The predicted molar refractivity (Wildman–Crippen MR) is 157 cm³/mol. The Labute approximate surface area is 256 Å². The van der Waals surface area contributed by atoms with Crippen LogP contribution in [0.1, 0.15) is 30.3 Å². The third-order valence-electron chi connectivity index (χ3n) is 7.54. The molecule has 228 valence electrons. The molecule has 5 atom stereocenters. The van der Waals surface area contributed by atoms with E-state index >= 15 is 0 Å². The molecular formula is C30H28ClN5O8. The lowest BCUT2D eigenvalue weighted by atomic mass is 9.92. The lowest BCUT2D eigenvalue weighted by molar-refractivity contribution is -0.191. The number of aliphatic carboxylic acids is 2. The number of imidazole rings is 1. The summed E-state index contributed by atoms with van der Waals surface area (Å²) in [6.45, 7) is 1.12. The number of carbonyl (C=O) groups is 2. The fraction of sp³-hybridized carbons (Fsp3) is 0.300. The number of nitrogens with one attached hydrogen (secondary N) is 1. The monoisotopic (exact) mass is 621 g/mol. The normalized spacial score (nSPS) is 22.4. The zero-order valence-electron chi connectivity index (χ0n) is 23.2. The number of aliphatic hydroxyl groups excluding tert-OH is 1. The van der Waals surface area contributed by atoms with Crippen LogP contribution in [0.15, 0.2) is 67.0 Å². The molecule has 1 aliphatic rings. The molecule has 13 nitrogen and oxygen atoms in total. The van der Waals surface area contributed by atoms with E-state index in [4.69, 9.17) is 27.5 Å². The van der Waals surface area contributed by atoms with Gasteiger partial charge in [0.15, 0.2) is 28.8 Å². The van der Waals surface area contributed by atoms with Gasteiger partial charge in [-0.25, -0.2) is 14.6 Å². The highest BCUT2D eigenvalue weighted by Gasteiger charge is 2.58. The molecule has 5 N–H and O–H groups in total. The second-order valence-electron chi connectivity index (χ2n) is 10.3. The molecule has 1 fully saturated rings. The van der Waals surface area contributed by atoms with Crippen molar-refractivity contribution in [1.82, 2.24) is 19.5 Å². The van der Waals surface area contributed by atoms with Crippen molar-refractivity contribution in [3.05, 3.63) is 83.4 Å². The first-order chi connectivity index (χ1) is 21.0. The number of anilines is 1. The van der Waals surface area contributed by atoms with Crippen molar-refractivity contribution in [2.45, 2.75) is 49.0 Å². The fourth-order valence-electron chi connectivity index (χ4n) is 5.04. The molecule has 0 saturated carbocycles. The maximum absolute atomic E-state index is 12.3. The van der Waals surface area contributed by atoms with Crippen molar-refractivity contribution < 1.29 is 39.5 Å². The van der Waals surface area contributed by atoms with E-state index in [2.05, 4.69) is 26.2 Å². The van der Waals surface area contributed by atoms with Gasteiger partial charge in [0.2, 0.25) is 5.28 Å². The molecule has 0 spiro atoms. The van der Waals surface area contributed by atoms with Crippen molar-refractivity contribution in [1.29, 1.82) is 0 Å². The van der Waals surface area contributed by atoms with E-state index in [1.165, 1.54) is 10.9 Å². The number of halogens is 1. The van der Waals surface area contributed by atoms with E-state index in [-0.39, 0.29) is 22.5 Å². The summed E-state index contributed by atoms with van der Waals surface area (Å²) in [5.74, 6) is -1.16. The van der Waals surface area contributed by atoms with E-state index < -0.39 is 54.6 Å². The summed E-state index contributed by atoms with van der Waals surface area (Å²) in [5, 5.41) is 45.4. The Balaban J connectivity index is 1.44. The van der Waals surface area contributed by atoms with Crippen LogP contribution in [0.4, 0.5) is 5.82 Å². The first-order valence-corrected chi connectivity index (χ1v) is 13.8. The number of carboxylic acids is 2. The van der Waals surface area contributed by atoms with Crippen molar-refractivity contribution in [3.63, 3.8) is 0 Å². The van der Waals surface area contributed by atoms with Gasteiger partial charge in [0, 0.05) is 6.42 Å². The summed E-state index contributed by atoms with van der Waals surface area (Å²) in [7, 11) is 0. The Morgan fingerprint density at radius 2 is 1.80 bits per heavy atom. The molecule has 2 aromatic carbocycles. The van der Waals surface area contributed by atoms with Crippen LogP contribution < -0.4 is 5.32 Å². The van der Waals surface area contributed by atoms with Gasteiger partial charge in [-0.15, -0.1) is 6.42 Å². The predicted octanol–water partition coefficient (Wildman–Crippen LogP) is 2.44. The molecule has 1 aliphatic heterocycles. The zero-order chi connectivity index (χ0) is 31.6. The molecule has 5 rings (SSSR count). The van der Waals surface area contributed by atoms with Gasteiger partial charge >= 0.3 is 11.9 Å². The smallest absolute Gasteiger partial charge is 0.348 e. The molecule has 44 heavy (non-hydrogen) atoms. The molecule has 0 amide bonds. The van der Waals surface area contributed by atoms with Crippen LogP contribution in [0, 0.1) is 12.3 Å². The molecule has 1 unspecified atom stereocenters. The van der Waals surface area contributed by atoms with Crippen LogP contribution >= 0.6 is 11.6 Å². The number of nitrogens with zero attached hydrogens (tertiary/aromatic N) is 4. The van der Waals surface area contributed by atoms with Crippen LogP contribution in [-0.2, 0) is 25.5 Å². The number of carboxylic acid groups (broad SMARTS) is 2. The van der Waals surface area contributed by atoms with Crippen molar-refractivity contribution in [2.24, 2.45) is 0 Å². The van der Waals surface area contributed by atoms with Gasteiger partial charge in [-0.1, -0.05) is 66.6 Å². The zero-order valence-corrected chi connectivity index (χ0v) is 24.0. The number of aliphatic hydroxyl groups is 2. The highest BCUT2D eigenvalue weighted by Crippen LogP contribution is 2.40. The first-order valence-electron chi connectivity index (χ1n) is 13.4. The van der Waals surface area contributed by atoms with Crippen LogP contribution in [0.2, 0.25) is 5.28 Å². The Bertz CT molecular complexity index is 1700. The second-order valence-corrected chi connectivity index (χ2v) is 10.6. The van der Waals surface area contributed by atoms with Crippen LogP contribution in [0.25, 0.3) is 11.2 Å². The highest BCUT2D eigenvalue weighted by molar-refractivity contribution is 6.28. The minimum Gasteiger partial charge on any atom is -0.479 e. The molecule has 4 aromatic rings. The number of hydrogen-bond donors (Lipinski definition) is 5. The minimum atomic E-state index is -2.75. The molecule has 0 aliphatic carbocycles. The Morgan fingerprint density at radius 3 is 2.41 bits per heavy atom. The lowest BCUT2D eigenvalue weighted by Crippen LogP contribution is -2.55. The Kier molecular flexibility index (Phi) is 8.55. The third kappa shape index (κ3) is 5.57. The Morgan fingerprint density at radius 1 is 1.16 bits per heavy atom. The van der Waals surface area contributed by atoms with Gasteiger partial charge in [-0.05, 0) is 29.7 Å². The third-order valence-corrected chi connectivity index (χ3v) is 7.70. The topological polar surface area (TPSA) is 189 Å². The average molecular weight is 622 g/mol. The van der Waals surface area contributed by atoms with Gasteiger partial charge in [0.1, 0.15) is 12.2 Å². The first kappa shape index (κ1) is 30.9. The van der Waals surface area contributed by atoms with Gasteiger partial charge in [-0.2, -0.15) is 9.97 Å². The summed E-state index contributed by atoms with van der Waals surface area (Å²) < 4.78 is 12.7. The number of rotatable bonds is 11. The summed E-state index contributed by atoms with van der Waals surface area (Å²) in [5.41, 5.74) is -3.42. The van der Waals surface area contributed by atoms with Crippen LogP contribution in [0.5, 0.6) is 0 Å².